The molecule has 0 aromatic heterocycles. The van der Waals surface area contributed by atoms with Crippen molar-refractivity contribution >= 4 is 17.8 Å². The Morgan fingerprint density at radius 1 is 0.781 bits per heavy atom. The average molecular weight is 445 g/mol. The summed E-state index contributed by atoms with van der Waals surface area (Å²) in [4.78, 5) is 41.8. The summed E-state index contributed by atoms with van der Waals surface area (Å²) in [5.41, 5.74) is 0.00557. The summed E-state index contributed by atoms with van der Waals surface area (Å²) in [7, 11) is 0. The van der Waals surface area contributed by atoms with Crippen LogP contribution in [0.4, 0.5) is 4.79 Å². The fourth-order valence-electron chi connectivity index (χ4n) is 7.74. The van der Waals surface area contributed by atoms with Crippen LogP contribution in [-0.2, 0) is 9.59 Å². The Kier molecular flexibility index (Phi) is 6.35. The minimum Gasteiger partial charge on any atom is -0.343 e. The van der Waals surface area contributed by atoms with E-state index < -0.39 is 0 Å². The van der Waals surface area contributed by atoms with E-state index in [9.17, 15) is 14.4 Å². The number of hydrogen-bond donors (Lipinski definition) is 2. The number of piperidine rings is 2. The molecule has 0 aromatic rings. The molecule has 7 heteroatoms. The molecule has 6 rings (SSSR count). The Morgan fingerprint density at radius 3 is 1.97 bits per heavy atom. The molecule has 4 bridgehead atoms. The van der Waals surface area contributed by atoms with Gasteiger partial charge in [0, 0.05) is 50.6 Å². The molecule has 4 aliphatic carbocycles. The van der Waals surface area contributed by atoms with E-state index in [1.165, 1.54) is 25.7 Å². The molecule has 2 N–H and O–H groups in total. The van der Waals surface area contributed by atoms with Crippen molar-refractivity contribution in [3.05, 3.63) is 0 Å². The minimum atomic E-state index is -0.106. The molecule has 0 atom stereocenters. The van der Waals surface area contributed by atoms with E-state index in [0.29, 0.717) is 32.0 Å². The van der Waals surface area contributed by atoms with Crippen LogP contribution in [0.2, 0.25) is 0 Å². The molecule has 2 heterocycles. The van der Waals surface area contributed by atoms with Crippen LogP contribution in [0.5, 0.6) is 0 Å². The third kappa shape index (κ3) is 4.76. The second-order valence-corrected chi connectivity index (χ2v) is 11.4. The largest absolute Gasteiger partial charge is 0.343 e. The first-order chi connectivity index (χ1) is 15.5. The first-order valence-electron chi connectivity index (χ1n) is 13.1. The van der Waals surface area contributed by atoms with Gasteiger partial charge in [-0.3, -0.25) is 9.59 Å². The average Bonchev–Trinajstić information content (AvgIpc) is 2.78. The first kappa shape index (κ1) is 22.0. The van der Waals surface area contributed by atoms with E-state index >= 15 is 0 Å². The molecule has 178 valence electrons. The zero-order valence-electron chi connectivity index (χ0n) is 19.4. The van der Waals surface area contributed by atoms with Gasteiger partial charge in [0.1, 0.15) is 0 Å². The van der Waals surface area contributed by atoms with Crippen molar-refractivity contribution in [3.63, 3.8) is 0 Å². The molecular weight excluding hydrogens is 404 g/mol. The van der Waals surface area contributed by atoms with Crippen LogP contribution >= 0.6 is 0 Å². The van der Waals surface area contributed by atoms with Gasteiger partial charge < -0.3 is 20.4 Å². The number of carbonyl (C=O) groups is 3. The van der Waals surface area contributed by atoms with Crippen molar-refractivity contribution in [2.75, 3.05) is 32.7 Å². The third-order valence-electron chi connectivity index (χ3n) is 8.91. The monoisotopic (exact) mass is 444 g/mol. The van der Waals surface area contributed by atoms with Crippen molar-refractivity contribution in [1.29, 1.82) is 0 Å². The SMILES string of the molecule is O=C(NCCC(=O)N1CCC(C(=O)N2CCCCC2)CC1)NC12CC3CC(CC(C3)C1)C2. The highest BCUT2D eigenvalue weighted by molar-refractivity contribution is 5.81. The molecule has 6 fully saturated rings. The van der Waals surface area contributed by atoms with Crippen molar-refractivity contribution in [2.45, 2.75) is 82.6 Å². The molecule has 6 aliphatic rings. The molecule has 0 radical (unpaired) electrons. The van der Waals surface area contributed by atoms with Gasteiger partial charge in [-0.1, -0.05) is 0 Å². The van der Waals surface area contributed by atoms with Crippen LogP contribution in [-0.4, -0.2) is 65.9 Å². The van der Waals surface area contributed by atoms with Gasteiger partial charge in [0.15, 0.2) is 0 Å². The smallest absolute Gasteiger partial charge is 0.315 e. The fourth-order valence-corrected chi connectivity index (χ4v) is 7.74. The van der Waals surface area contributed by atoms with Gasteiger partial charge in [-0.2, -0.15) is 0 Å². The predicted molar refractivity (Wildman–Crippen MR) is 122 cm³/mol. The fraction of sp³-hybridized carbons (Fsp3) is 0.880. The Labute approximate surface area is 192 Å². The summed E-state index contributed by atoms with van der Waals surface area (Å²) < 4.78 is 0. The highest BCUT2D eigenvalue weighted by Gasteiger charge is 2.51. The van der Waals surface area contributed by atoms with Crippen molar-refractivity contribution in [2.24, 2.45) is 23.7 Å². The van der Waals surface area contributed by atoms with Crippen molar-refractivity contribution < 1.29 is 14.4 Å². The summed E-state index contributed by atoms with van der Waals surface area (Å²) in [6.45, 7) is 3.48. The Morgan fingerprint density at radius 2 is 1.38 bits per heavy atom. The number of rotatable bonds is 5. The lowest BCUT2D eigenvalue weighted by Crippen LogP contribution is -2.61. The van der Waals surface area contributed by atoms with Crippen LogP contribution in [0.1, 0.15) is 77.0 Å². The number of nitrogens with one attached hydrogen (secondary N) is 2. The van der Waals surface area contributed by atoms with Gasteiger partial charge in [-0.25, -0.2) is 4.79 Å². The zero-order chi connectivity index (χ0) is 22.1. The lowest BCUT2D eigenvalue weighted by molar-refractivity contribution is -0.141. The summed E-state index contributed by atoms with van der Waals surface area (Å²) >= 11 is 0. The molecule has 2 saturated heterocycles. The maximum Gasteiger partial charge on any atom is 0.315 e. The summed E-state index contributed by atoms with van der Waals surface area (Å²) in [6, 6.07) is -0.106. The number of likely N-dealkylation sites (tertiary alicyclic amines) is 2. The van der Waals surface area contributed by atoms with E-state index in [4.69, 9.17) is 0 Å². The third-order valence-corrected chi connectivity index (χ3v) is 8.91. The Bertz CT molecular complexity index is 689. The minimum absolute atomic E-state index is 0.00557. The molecular formula is C25H40N4O3. The quantitative estimate of drug-likeness (QED) is 0.684. The maximum atomic E-state index is 12.7. The van der Waals surface area contributed by atoms with E-state index in [0.717, 1.165) is 75.8 Å². The molecule has 4 amide bonds. The number of amides is 4. The summed E-state index contributed by atoms with van der Waals surface area (Å²) in [5.74, 6) is 2.85. The van der Waals surface area contributed by atoms with Crippen LogP contribution in [0.25, 0.3) is 0 Å². The van der Waals surface area contributed by atoms with Gasteiger partial charge in [-0.15, -0.1) is 0 Å². The topological polar surface area (TPSA) is 81.8 Å². The Balaban J connectivity index is 1.01. The Hall–Kier alpha value is -1.79. The van der Waals surface area contributed by atoms with Crippen molar-refractivity contribution in [3.8, 4) is 0 Å². The maximum absolute atomic E-state index is 12.7. The van der Waals surface area contributed by atoms with Crippen LogP contribution in [0.3, 0.4) is 0 Å². The highest BCUT2D eigenvalue weighted by Crippen LogP contribution is 2.55. The predicted octanol–water partition coefficient (Wildman–Crippen LogP) is 2.90. The van der Waals surface area contributed by atoms with Gasteiger partial charge in [0.05, 0.1) is 0 Å². The normalized spacial score (nSPS) is 34.4. The molecule has 0 spiro atoms. The molecule has 0 aromatic carbocycles. The molecule has 32 heavy (non-hydrogen) atoms. The highest BCUT2D eigenvalue weighted by atomic mass is 16.2. The van der Waals surface area contributed by atoms with Gasteiger partial charge in [0.25, 0.3) is 0 Å². The number of urea groups is 1. The standard InChI is InChI=1S/C25H40N4O3/c30-22(28-10-5-21(6-11-28)23(31)29-8-2-1-3-9-29)4-7-26-24(32)27-25-15-18-12-19(16-25)14-20(13-18)17-25/h18-21H,1-17H2,(H2,26,27,32). The van der Waals surface area contributed by atoms with Crippen LogP contribution in [0, 0.1) is 23.7 Å². The van der Waals surface area contributed by atoms with Crippen LogP contribution < -0.4 is 10.6 Å². The second-order valence-electron chi connectivity index (χ2n) is 11.4. The van der Waals surface area contributed by atoms with E-state index in [2.05, 4.69) is 10.6 Å². The second kappa shape index (κ2) is 9.22. The lowest BCUT2D eigenvalue weighted by Gasteiger charge is -2.56. The van der Waals surface area contributed by atoms with E-state index in [1.54, 1.807) is 0 Å². The van der Waals surface area contributed by atoms with E-state index in [-0.39, 0.29) is 23.4 Å². The van der Waals surface area contributed by atoms with E-state index in [1.807, 2.05) is 9.80 Å². The molecule has 0 unspecified atom stereocenters. The number of hydrogen-bond acceptors (Lipinski definition) is 3. The number of nitrogens with zero attached hydrogens (tertiary/aromatic N) is 2. The summed E-state index contributed by atoms with van der Waals surface area (Å²) in [6.07, 6.45) is 12.8. The number of carbonyl (C=O) groups excluding carboxylic acids is 3. The first-order valence-corrected chi connectivity index (χ1v) is 13.1. The van der Waals surface area contributed by atoms with Crippen LogP contribution in [0.15, 0.2) is 0 Å². The molecule has 7 nitrogen and oxygen atoms in total. The molecule has 4 saturated carbocycles. The molecule has 2 aliphatic heterocycles. The summed E-state index contributed by atoms with van der Waals surface area (Å²) in [5, 5.41) is 6.25. The lowest BCUT2D eigenvalue weighted by atomic mass is 9.53. The van der Waals surface area contributed by atoms with Crippen molar-refractivity contribution in [1.82, 2.24) is 20.4 Å². The zero-order valence-corrected chi connectivity index (χ0v) is 19.4. The van der Waals surface area contributed by atoms with Gasteiger partial charge in [-0.05, 0) is 88.4 Å². The van der Waals surface area contributed by atoms with Gasteiger partial charge >= 0.3 is 6.03 Å². The van der Waals surface area contributed by atoms with Gasteiger partial charge in [0.2, 0.25) is 11.8 Å².